The number of benzene rings is 2. The van der Waals surface area contributed by atoms with E-state index in [1.54, 1.807) is 0 Å². The van der Waals surface area contributed by atoms with E-state index in [9.17, 15) is 32.3 Å². The van der Waals surface area contributed by atoms with E-state index in [4.69, 9.17) is 9.47 Å². The molecule has 3 atom stereocenters. The number of nitrogens with one attached hydrogen (secondary N) is 1. The Hall–Kier alpha value is -4.09. The lowest BCUT2D eigenvalue weighted by Gasteiger charge is -2.26. The SMILES string of the molecule is COC(=O)[C@@H](NC(=O)c1cc(C(F)(F)F)ccc1CC1CCCN1C(=O)OCc1ccccc1)[C@@H](C)OC(C)=O. The van der Waals surface area contributed by atoms with Gasteiger partial charge in [-0.25, -0.2) is 9.59 Å². The third-order valence-electron chi connectivity index (χ3n) is 6.52. The number of hydrogen-bond acceptors (Lipinski definition) is 7. The maximum atomic E-state index is 13.5. The number of ether oxygens (including phenoxy) is 3. The van der Waals surface area contributed by atoms with Gasteiger partial charge in [0.15, 0.2) is 6.04 Å². The van der Waals surface area contributed by atoms with Crippen LogP contribution in [0.25, 0.3) is 0 Å². The Labute approximate surface area is 229 Å². The Morgan fingerprint density at radius 2 is 1.80 bits per heavy atom. The Kier molecular flexibility index (Phi) is 10.1. The van der Waals surface area contributed by atoms with Crippen LogP contribution < -0.4 is 5.32 Å². The largest absolute Gasteiger partial charge is 0.467 e. The smallest absolute Gasteiger partial charge is 0.416 e. The van der Waals surface area contributed by atoms with Gasteiger partial charge in [0.25, 0.3) is 5.91 Å². The van der Waals surface area contributed by atoms with Gasteiger partial charge in [0.1, 0.15) is 12.7 Å². The molecule has 3 rings (SSSR count). The van der Waals surface area contributed by atoms with Gasteiger partial charge in [0.2, 0.25) is 0 Å². The van der Waals surface area contributed by atoms with Crippen molar-refractivity contribution in [2.75, 3.05) is 13.7 Å². The van der Waals surface area contributed by atoms with Gasteiger partial charge in [0, 0.05) is 25.1 Å². The molecule has 2 aromatic carbocycles. The minimum Gasteiger partial charge on any atom is -0.467 e. The van der Waals surface area contributed by atoms with Crippen LogP contribution in [0.2, 0.25) is 0 Å². The molecular weight excluding hydrogens is 533 g/mol. The van der Waals surface area contributed by atoms with Crippen molar-refractivity contribution in [1.29, 1.82) is 0 Å². The van der Waals surface area contributed by atoms with Gasteiger partial charge in [-0.15, -0.1) is 0 Å². The minimum atomic E-state index is -4.74. The average molecular weight is 565 g/mol. The number of methoxy groups -OCH3 is 1. The summed E-state index contributed by atoms with van der Waals surface area (Å²) in [6.45, 7) is 2.90. The second-order valence-corrected chi connectivity index (χ2v) is 9.39. The van der Waals surface area contributed by atoms with E-state index in [0.29, 0.717) is 25.5 Å². The Morgan fingerprint density at radius 1 is 1.10 bits per heavy atom. The Bertz CT molecular complexity index is 1220. The van der Waals surface area contributed by atoms with Crippen molar-refractivity contribution < 1.29 is 46.6 Å². The van der Waals surface area contributed by atoms with Crippen molar-refractivity contribution in [3.63, 3.8) is 0 Å². The van der Waals surface area contributed by atoms with Crippen molar-refractivity contribution in [3.05, 3.63) is 70.8 Å². The molecule has 1 aliphatic heterocycles. The number of alkyl halides is 3. The molecule has 12 heteroatoms. The third-order valence-corrected chi connectivity index (χ3v) is 6.52. The normalized spacial score (nSPS) is 16.6. The molecule has 1 fully saturated rings. The van der Waals surface area contributed by atoms with Crippen LogP contribution >= 0.6 is 0 Å². The fourth-order valence-electron chi connectivity index (χ4n) is 4.53. The molecule has 1 unspecified atom stereocenters. The molecule has 2 aromatic rings. The van der Waals surface area contributed by atoms with Gasteiger partial charge >= 0.3 is 24.2 Å². The first-order valence-corrected chi connectivity index (χ1v) is 12.6. The summed E-state index contributed by atoms with van der Waals surface area (Å²) in [5, 5.41) is 2.34. The number of amides is 2. The predicted molar refractivity (Wildman–Crippen MR) is 136 cm³/mol. The molecule has 9 nitrogen and oxygen atoms in total. The highest BCUT2D eigenvalue weighted by atomic mass is 19.4. The molecule has 0 bridgehead atoms. The molecule has 0 spiro atoms. The van der Waals surface area contributed by atoms with Crippen molar-refractivity contribution in [2.45, 2.75) is 64.1 Å². The summed E-state index contributed by atoms with van der Waals surface area (Å²) in [4.78, 5) is 51.3. The highest BCUT2D eigenvalue weighted by Gasteiger charge is 2.36. The average Bonchev–Trinajstić information content (AvgIpc) is 3.37. The van der Waals surface area contributed by atoms with E-state index in [-0.39, 0.29) is 24.2 Å². The van der Waals surface area contributed by atoms with Crippen LogP contribution in [0.1, 0.15) is 53.7 Å². The van der Waals surface area contributed by atoms with Gasteiger partial charge in [-0.3, -0.25) is 9.59 Å². The number of halogens is 3. The lowest BCUT2D eigenvalue weighted by Crippen LogP contribution is -2.50. The van der Waals surface area contributed by atoms with Gasteiger partial charge in [0.05, 0.1) is 12.7 Å². The van der Waals surface area contributed by atoms with Gasteiger partial charge < -0.3 is 24.4 Å². The summed E-state index contributed by atoms with van der Waals surface area (Å²) in [6.07, 6.45) is -5.18. The van der Waals surface area contributed by atoms with E-state index in [1.807, 2.05) is 30.3 Å². The van der Waals surface area contributed by atoms with Gasteiger partial charge in [-0.2, -0.15) is 13.2 Å². The summed E-state index contributed by atoms with van der Waals surface area (Å²) in [6, 6.07) is 9.94. The van der Waals surface area contributed by atoms with E-state index >= 15 is 0 Å². The van der Waals surface area contributed by atoms with Gasteiger partial charge in [-0.05, 0) is 49.4 Å². The van der Waals surface area contributed by atoms with Crippen molar-refractivity contribution in [3.8, 4) is 0 Å². The number of hydrogen-bond donors (Lipinski definition) is 1. The second-order valence-electron chi connectivity index (χ2n) is 9.39. The lowest BCUT2D eigenvalue weighted by atomic mass is 9.95. The number of likely N-dealkylation sites (tertiary alicyclic amines) is 1. The fourth-order valence-corrected chi connectivity index (χ4v) is 4.53. The van der Waals surface area contributed by atoms with Crippen molar-refractivity contribution in [1.82, 2.24) is 10.2 Å². The van der Waals surface area contributed by atoms with Crippen LogP contribution in [0.15, 0.2) is 48.5 Å². The summed E-state index contributed by atoms with van der Waals surface area (Å²) in [7, 11) is 1.06. The summed E-state index contributed by atoms with van der Waals surface area (Å²) >= 11 is 0. The Morgan fingerprint density at radius 3 is 2.42 bits per heavy atom. The molecule has 40 heavy (non-hydrogen) atoms. The van der Waals surface area contributed by atoms with E-state index in [1.165, 1.54) is 17.9 Å². The molecule has 1 heterocycles. The number of carbonyl (C=O) groups is 4. The van der Waals surface area contributed by atoms with E-state index in [2.05, 4.69) is 10.1 Å². The molecule has 1 N–H and O–H groups in total. The molecule has 2 amide bonds. The standard InChI is InChI=1S/C28H31F3N2O7/c1-17(40-18(2)34)24(26(36)38-3)32-25(35)23-15-21(28(29,30)31)12-11-20(23)14-22-10-7-13-33(22)27(37)39-16-19-8-5-4-6-9-19/h4-6,8-9,11-12,15,17,22,24H,7,10,13-14,16H2,1-3H3,(H,32,35)/t17-,22?,24+/m1/s1. The quantitative estimate of drug-likeness (QED) is 0.358. The number of rotatable bonds is 9. The van der Waals surface area contributed by atoms with Gasteiger partial charge in [-0.1, -0.05) is 36.4 Å². The van der Waals surface area contributed by atoms with Crippen molar-refractivity contribution >= 4 is 23.9 Å². The molecule has 1 saturated heterocycles. The second kappa shape index (κ2) is 13.3. The summed E-state index contributed by atoms with van der Waals surface area (Å²) in [5.41, 5.74) is -0.351. The highest BCUT2D eigenvalue weighted by Crippen LogP contribution is 2.32. The first-order valence-electron chi connectivity index (χ1n) is 12.6. The van der Waals surface area contributed by atoms with Crippen LogP contribution in [-0.4, -0.2) is 60.7 Å². The molecule has 0 saturated carbocycles. The number of carbonyl (C=O) groups excluding carboxylic acids is 4. The first-order chi connectivity index (χ1) is 18.9. The maximum absolute atomic E-state index is 13.5. The molecule has 0 aromatic heterocycles. The Balaban J connectivity index is 1.84. The first kappa shape index (κ1) is 30.5. The monoisotopic (exact) mass is 564 g/mol. The number of nitrogens with zero attached hydrogens (tertiary/aromatic N) is 1. The highest BCUT2D eigenvalue weighted by molar-refractivity contribution is 5.98. The topological polar surface area (TPSA) is 111 Å². The van der Waals surface area contributed by atoms with Crippen LogP contribution in [-0.2, 0) is 43.0 Å². The third kappa shape index (κ3) is 7.96. The van der Waals surface area contributed by atoms with Crippen LogP contribution in [0.5, 0.6) is 0 Å². The summed E-state index contributed by atoms with van der Waals surface area (Å²) in [5.74, 6) is -2.67. The predicted octanol–water partition coefficient (Wildman–Crippen LogP) is 4.27. The molecule has 0 radical (unpaired) electrons. The maximum Gasteiger partial charge on any atom is 0.416 e. The lowest BCUT2D eigenvalue weighted by molar-refractivity contribution is -0.154. The van der Waals surface area contributed by atoms with Crippen LogP contribution in [0.3, 0.4) is 0 Å². The zero-order valence-electron chi connectivity index (χ0n) is 22.3. The fraction of sp³-hybridized carbons (Fsp3) is 0.429. The molecule has 0 aliphatic carbocycles. The molecule has 1 aliphatic rings. The van der Waals surface area contributed by atoms with Crippen molar-refractivity contribution in [2.24, 2.45) is 0 Å². The summed E-state index contributed by atoms with van der Waals surface area (Å²) < 4.78 is 55.7. The minimum absolute atomic E-state index is 0.0618. The zero-order chi connectivity index (χ0) is 29.4. The molecular formula is C28H31F3N2O7. The number of esters is 2. The molecule has 216 valence electrons. The zero-order valence-corrected chi connectivity index (χ0v) is 22.3. The van der Waals surface area contributed by atoms with E-state index < -0.39 is 53.9 Å². The van der Waals surface area contributed by atoms with E-state index in [0.717, 1.165) is 25.7 Å². The van der Waals surface area contributed by atoms with Crippen LogP contribution in [0.4, 0.5) is 18.0 Å². The van der Waals surface area contributed by atoms with Crippen LogP contribution in [0, 0.1) is 0 Å².